The lowest BCUT2D eigenvalue weighted by Crippen LogP contribution is -2.40. The Kier molecular flexibility index (Phi) is 8.77. The number of piperidine rings is 1. The monoisotopic (exact) mass is 621 g/mol. The minimum Gasteiger partial charge on any atom is -0.409 e. The molecule has 0 radical (unpaired) electrons. The van der Waals surface area contributed by atoms with E-state index in [2.05, 4.69) is 20.6 Å². The van der Waals surface area contributed by atoms with Crippen molar-refractivity contribution < 1.29 is 19.1 Å². The number of hydrogen-bond donors (Lipinski definition) is 2. The molecule has 1 aliphatic heterocycles. The third-order valence-corrected chi connectivity index (χ3v) is 9.04. The van der Waals surface area contributed by atoms with E-state index in [1.807, 2.05) is 62.4 Å². The lowest BCUT2D eigenvalue weighted by Gasteiger charge is -2.26. The van der Waals surface area contributed by atoms with Crippen molar-refractivity contribution >= 4 is 45.3 Å². The Labute approximate surface area is 265 Å². The van der Waals surface area contributed by atoms with E-state index in [0.717, 1.165) is 46.8 Å². The van der Waals surface area contributed by atoms with E-state index in [-0.39, 0.29) is 17.6 Å². The molecule has 2 amide bonds. The molecule has 45 heavy (non-hydrogen) atoms. The highest BCUT2D eigenvalue weighted by Crippen LogP contribution is 2.33. The van der Waals surface area contributed by atoms with Crippen molar-refractivity contribution in [1.29, 1.82) is 0 Å². The summed E-state index contributed by atoms with van der Waals surface area (Å²) in [4.78, 5) is 43.3. The molecule has 0 atom stereocenters. The number of nitrogens with one attached hydrogen (secondary N) is 2. The molecule has 0 bridgehead atoms. The van der Waals surface area contributed by atoms with Crippen molar-refractivity contribution in [3.8, 4) is 5.75 Å². The lowest BCUT2D eigenvalue weighted by molar-refractivity contribution is 0.0915. The van der Waals surface area contributed by atoms with Gasteiger partial charge in [0.25, 0.3) is 11.8 Å². The van der Waals surface area contributed by atoms with Crippen LogP contribution in [0.1, 0.15) is 64.3 Å². The van der Waals surface area contributed by atoms with Crippen LogP contribution in [0.15, 0.2) is 91.0 Å². The molecule has 5 aromatic rings. The van der Waals surface area contributed by atoms with Crippen molar-refractivity contribution in [3.63, 3.8) is 0 Å². The van der Waals surface area contributed by atoms with Gasteiger partial charge in [-0.3, -0.25) is 14.5 Å². The van der Waals surface area contributed by atoms with Gasteiger partial charge < -0.3 is 15.4 Å². The molecular weight excluding hydrogens is 586 g/mol. The summed E-state index contributed by atoms with van der Waals surface area (Å²) in [5.74, 6) is -0.171. The summed E-state index contributed by atoms with van der Waals surface area (Å²) in [5, 5.41) is 10.8. The largest absolute Gasteiger partial charge is 0.441 e. The van der Waals surface area contributed by atoms with E-state index in [1.54, 1.807) is 42.5 Å². The van der Waals surface area contributed by atoms with Crippen LogP contribution in [0.2, 0.25) is 0 Å². The Morgan fingerprint density at radius 2 is 1.53 bits per heavy atom. The summed E-state index contributed by atoms with van der Waals surface area (Å²) < 4.78 is 6.63. The first-order chi connectivity index (χ1) is 21.8. The van der Waals surface area contributed by atoms with Crippen LogP contribution in [0.3, 0.4) is 0 Å². The SMILES string of the molecule is CC(C)(NC(=O)c1cc2c(NC(=O)c3ccc(CN4CCCCC4)cc3)nn(C(=O)Oc3ccccc3)c2s1)c1ccccc1. The van der Waals surface area contributed by atoms with Gasteiger partial charge in [0.05, 0.1) is 15.8 Å². The third kappa shape index (κ3) is 6.97. The lowest BCUT2D eigenvalue weighted by atomic mass is 9.94. The Balaban J connectivity index is 1.26. The number of nitrogens with zero attached hydrogens (tertiary/aromatic N) is 3. The van der Waals surface area contributed by atoms with Crippen LogP contribution in [0.25, 0.3) is 10.2 Å². The first-order valence-corrected chi connectivity index (χ1v) is 15.9. The van der Waals surface area contributed by atoms with E-state index >= 15 is 0 Å². The number of thiophene rings is 1. The van der Waals surface area contributed by atoms with Gasteiger partial charge in [0.15, 0.2) is 5.82 Å². The Morgan fingerprint density at radius 1 is 0.867 bits per heavy atom. The Bertz CT molecular complexity index is 1810. The number of para-hydroxylation sites is 1. The van der Waals surface area contributed by atoms with E-state index in [9.17, 15) is 14.4 Å². The molecule has 10 heteroatoms. The number of carbonyl (C=O) groups is 3. The van der Waals surface area contributed by atoms with Crippen LogP contribution in [-0.2, 0) is 12.1 Å². The van der Waals surface area contributed by atoms with Gasteiger partial charge in [-0.15, -0.1) is 16.4 Å². The van der Waals surface area contributed by atoms with E-state index in [4.69, 9.17) is 4.74 Å². The Hall–Kier alpha value is -4.80. The molecule has 0 unspecified atom stereocenters. The molecule has 0 spiro atoms. The van der Waals surface area contributed by atoms with E-state index in [1.165, 1.54) is 19.3 Å². The van der Waals surface area contributed by atoms with Crippen LogP contribution in [0.5, 0.6) is 5.75 Å². The van der Waals surface area contributed by atoms with Crippen LogP contribution >= 0.6 is 11.3 Å². The van der Waals surface area contributed by atoms with Crippen LogP contribution in [0.4, 0.5) is 10.6 Å². The van der Waals surface area contributed by atoms with E-state index in [0.29, 0.717) is 26.4 Å². The van der Waals surface area contributed by atoms with Gasteiger partial charge in [-0.2, -0.15) is 4.68 Å². The molecule has 3 aromatic carbocycles. The predicted molar refractivity (Wildman–Crippen MR) is 176 cm³/mol. The van der Waals surface area contributed by atoms with Crippen molar-refractivity contribution in [3.05, 3.63) is 113 Å². The zero-order valence-electron chi connectivity index (χ0n) is 25.3. The number of benzene rings is 3. The molecule has 2 aromatic heterocycles. The maximum Gasteiger partial charge on any atom is 0.441 e. The highest BCUT2D eigenvalue weighted by atomic mass is 32.1. The number of anilines is 1. The molecule has 1 aliphatic rings. The molecule has 9 nitrogen and oxygen atoms in total. The molecule has 6 rings (SSSR count). The molecular formula is C35H35N5O4S. The summed E-state index contributed by atoms with van der Waals surface area (Å²) in [7, 11) is 0. The summed E-state index contributed by atoms with van der Waals surface area (Å²) in [5.41, 5.74) is 1.91. The van der Waals surface area contributed by atoms with Crippen molar-refractivity contribution in [1.82, 2.24) is 20.0 Å². The smallest absolute Gasteiger partial charge is 0.409 e. The number of fused-ring (bicyclic) bond motifs is 1. The maximum atomic E-state index is 13.5. The first kappa shape index (κ1) is 30.2. The quantitative estimate of drug-likeness (QED) is 0.192. The molecule has 230 valence electrons. The van der Waals surface area contributed by atoms with Gasteiger partial charge in [-0.1, -0.05) is 67.1 Å². The number of aromatic nitrogens is 2. The van der Waals surface area contributed by atoms with E-state index < -0.39 is 11.6 Å². The first-order valence-electron chi connectivity index (χ1n) is 15.1. The fraction of sp³-hybridized carbons (Fsp3) is 0.257. The molecule has 1 fully saturated rings. The number of rotatable bonds is 8. The topological polar surface area (TPSA) is 106 Å². The zero-order valence-corrected chi connectivity index (χ0v) is 26.1. The number of ether oxygens (including phenoxy) is 1. The van der Waals surface area contributed by atoms with Crippen molar-refractivity contribution in [2.45, 2.75) is 45.2 Å². The number of likely N-dealkylation sites (tertiary alicyclic amines) is 1. The second-order valence-corrected chi connectivity index (χ2v) is 12.7. The third-order valence-electron chi connectivity index (χ3n) is 7.93. The maximum absolute atomic E-state index is 13.5. The number of hydrogen-bond acceptors (Lipinski definition) is 7. The zero-order chi connectivity index (χ0) is 31.4. The van der Waals surface area contributed by atoms with Crippen LogP contribution in [0, 0.1) is 0 Å². The van der Waals surface area contributed by atoms with Gasteiger partial charge in [0.2, 0.25) is 0 Å². The number of carbonyl (C=O) groups excluding carboxylic acids is 3. The molecule has 0 saturated carbocycles. The van der Waals surface area contributed by atoms with Gasteiger partial charge >= 0.3 is 6.09 Å². The second kappa shape index (κ2) is 13.1. The molecule has 0 aliphatic carbocycles. The fourth-order valence-electron chi connectivity index (χ4n) is 5.46. The second-order valence-electron chi connectivity index (χ2n) is 11.7. The average Bonchev–Trinajstić information content (AvgIpc) is 3.63. The highest BCUT2D eigenvalue weighted by molar-refractivity contribution is 7.20. The summed E-state index contributed by atoms with van der Waals surface area (Å²) in [6.07, 6.45) is 2.96. The minimum atomic E-state index is -0.757. The molecule has 2 N–H and O–H groups in total. The normalized spacial score (nSPS) is 13.8. The fourth-order valence-corrected chi connectivity index (χ4v) is 6.45. The molecule has 3 heterocycles. The van der Waals surface area contributed by atoms with Crippen LogP contribution in [-0.4, -0.2) is 45.7 Å². The van der Waals surface area contributed by atoms with Crippen molar-refractivity contribution in [2.75, 3.05) is 18.4 Å². The predicted octanol–water partition coefficient (Wildman–Crippen LogP) is 7.05. The van der Waals surface area contributed by atoms with Crippen molar-refractivity contribution in [2.24, 2.45) is 0 Å². The van der Waals surface area contributed by atoms with Gasteiger partial charge in [-0.05, 0) is 81.2 Å². The number of amides is 2. The summed E-state index contributed by atoms with van der Waals surface area (Å²) in [6, 6.07) is 27.5. The summed E-state index contributed by atoms with van der Waals surface area (Å²) in [6.45, 7) is 6.90. The summed E-state index contributed by atoms with van der Waals surface area (Å²) >= 11 is 1.10. The van der Waals surface area contributed by atoms with Gasteiger partial charge in [0.1, 0.15) is 10.6 Å². The average molecular weight is 622 g/mol. The van der Waals surface area contributed by atoms with Crippen LogP contribution < -0.4 is 15.4 Å². The Morgan fingerprint density at radius 3 is 2.22 bits per heavy atom. The highest BCUT2D eigenvalue weighted by Gasteiger charge is 2.27. The molecule has 1 saturated heterocycles. The van der Waals surface area contributed by atoms with Gasteiger partial charge in [0, 0.05) is 12.1 Å². The van der Waals surface area contributed by atoms with Gasteiger partial charge in [-0.25, -0.2) is 4.79 Å². The minimum absolute atomic E-state index is 0.162. The standard InChI is InChI=1S/C35H35N5O4S/c1-35(2,26-12-6-3-7-13-26)37-32(42)29-22-28-30(38-40(33(28)45-29)34(43)44-27-14-8-4-9-15-27)36-31(41)25-18-16-24(17-19-25)23-39-20-10-5-11-21-39/h3-4,6-9,12-19,22H,5,10-11,20-21,23H2,1-2H3,(H,37,42)(H,36,38,41).